The van der Waals surface area contributed by atoms with Crippen molar-refractivity contribution in [3.8, 4) is 0 Å². The van der Waals surface area contributed by atoms with Crippen LogP contribution in [0.4, 0.5) is 4.79 Å². The van der Waals surface area contributed by atoms with Gasteiger partial charge < -0.3 is 15.1 Å². The van der Waals surface area contributed by atoms with E-state index < -0.39 is 11.6 Å². The monoisotopic (exact) mass is 338 g/mol. The summed E-state index contributed by atoms with van der Waals surface area (Å²) in [4.78, 5) is 39.5. The third-order valence-electron chi connectivity index (χ3n) is 4.88. The van der Waals surface area contributed by atoms with Gasteiger partial charge in [0.25, 0.3) is 5.91 Å². The van der Waals surface area contributed by atoms with Crippen molar-refractivity contribution in [3.05, 3.63) is 0 Å². The maximum Gasteiger partial charge on any atom is 0.325 e. The highest BCUT2D eigenvalue weighted by molar-refractivity contribution is 6.07. The van der Waals surface area contributed by atoms with Crippen LogP contribution in [0.5, 0.6) is 0 Å². The van der Waals surface area contributed by atoms with Crippen LogP contribution in [0.15, 0.2) is 0 Å². The highest BCUT2D eigenvalue weighted by Gasteiger charge is 2.46. The first-order chi connectivity index (χ1) is 11.1. The van der Waals surface area contributed by atoms with Crippen molar-refractivity contribution < 1.29 is 14.4 Å². The van der Waals surface area contributed by atoms with Gasteiger partial charge in [-0.2, -0.15) is 0 Å². The van der Waals surface area contributed by atoms with Crippen molar-refractivity contribution in [2.75, 3.05) is 26.2 Å². The molecular formula is C17H30N4O3. The SMILES string of the molecule is CC1CC(C)CN(CC(C)NC(=O)CN2C(=O)NC(=O)C2(C)C)C1. The van der Waals surface area contributed by atoms with E-state index in [1.165, 1.54) is 11.3 Å². The second-order valence-corrected chi connectivity index (χ2v) is 8.04. The first-order valence-corrected chi connectivity index (χ1v) is 8.74. The number of hydrogen-bond acceptors (Lipinski definition) is 4. The minimum atomic E-state index is -0.991. The first kappa shape index (κ1) is 18.7. The highest BCUT2D eigenvalue weighted by atomic mass is 16.2. The maximum absolute atomic E-state index is 12.3. The lowest BCUT2D eigenvalue weighted by Crippen LogP contribution is -2.52. The second-order valence-electron chi connectivity index (χ2n) is 8.04. The number of hydrogen-bond donors (Lipinski definition) is 2. The van der Waals surface area contributed by atoms with E-state index in [2.05, 4.69) is 29.4 Å². The van der Waals surface area contributed by atoms with Gasteiger partial charge in [0, 0.05) is 25.7 Å². The van der Waals surface area contributed by atoms with Crippen LogP contribution in [0, 0.1) is 11.8 Å². The van der Waals surface area contributed by atoms with Crippen LogP contribution in [-0.2, 0) is 9.59 Å². The molecular weight excluding hydrogens is 308 g/mol. The Morgan fingerprint density at radius 1 is 1.29 bits per heavy atom. The molecule has 0 bridgehead atoms. The molecule has 2 aliphatic heterocycles. The second kappa shape index (κ2) is 7.09. The summed E-state index contributed by atoms with van der Waals surface area (Å²) in [7, 11) is 0. The minimum Gasteiger partial charge on any atom is -0.351 e. The van der Waals surface area contributed by atoms with Gasteiger partial charge in [-0.15, -0.1) is 0 Å². The zero-order chi connectivity index (χ0) is 18.1. The van der Waals surface area contributed by atoms with E-state index in [0.29, 0.717) is 11.8 Å². The van der Waals surface area contributed by atoms with E-state index in [1.54, 1.807) is 13.8 Å². The fourth-order valence-electron chi connectivity index (χ4n) is 3.80. The van der Waals surface area contributed by atoms with Crippen molar-refractivity contribution in [1.29, 1.82) is 0 Å². The summed E-state index contributed by atoms with van der Waals surface area (Å²) in [6.07, 6.45) is 1.25. The van der Waals surface area contributed by atoms with Gasteiger partial charge in [0.15, 0.2) is 0 Å². The molecule has 3 unspecified atom stereocenters. The van der Waals surface area contributed by atoms with E-state index >= 15 is 0 Å². The van der Waals surface area contributed by atoms with Crippen molar-refractivity contribution >= 4 is 17.8 Å². The third-order valence-corrected chi connectivity index (χ3v) is 4.88. The fourth-order valence-corrected chi connectivity index (χ4v) is 3.80. The summed E-state index contributed by atoms with van der Waals surface area (Å²) < 4.78 is 0. The van der Waals surface area contributed by atoms with Gasteiger partial charge in [0.1, 0.15) is 12.1 Å². The maximum atomic E-state index is 12.3. The van der Waals surface area contributed by atoms with Crippen LogP contribution in [0.2, 0.25) is 0 Å². The normalized spacial score (nSPS) is 28.6. The Balaban J connectivity index is 1.83. The number of piperidine rings is 1. The van der Waals surface area contributed by atoms with Gasteiger partial charge in [0.05, 0.1) is 0 Å². The molecule has 2 saturated heterocycles. The first-order valence-electron chi connectivity index (χ1n) is 8.74. The zero-order valence-electron chi connectivity index (χ0n) is 15.4. The molecule has 7 nitrogen and oxygen atoms in total. The molecule has 0 aliphatic carbocycles. The summed E-state index contributed by atoms with van der Waals surface area (Å²) in [6, 6.07) is -0.508. The van der Waals surface area contributed by atoms with E-state index in [4.69, 9.17) is 0 Å². The molecule has 24 heavy (non-hydrogen) atoms. The Bertz CT molecular complexity index is 510. The predicted molar refractivity (Wildman–Crippen MR) is 91.3 cm³/mol. The number of likely N-dealkylation sites (tertiary alicyclic amines) is 1. The van der Waals surface area contributed by atoms with Gasteiger partial charge >= 0.3 is 6.03 Å². The molecule has 2 fully saturated rings. The molecule has 0 radical (unpaired) electrons. The Morgan fingerprint density at radius 3 is 2.38 bits per heavy atom. The van der Waals surface area contributed by atoms with Gasteiger partial charge in [-0.1, -0.05) is 13.8 Å². The molecule has 0 saturated carbocycles. The van der Waals surface area contributed by atoms with Crippen molar-refractivity contribution in [2.45, 2.75) is 52.6 Å². The summed E-state index contributed by atoms with van der Waals surface area (Å²) in [5.41, 5.74) is -0.991. The number of carbonyl (C=O) groups is 3. The molecule has 2 heterocycles. The third kappa shape index (κ3) is 4.26. The molecule has 4 amide bonds. The zero-order valence-corrected chi connectivity index (χ0v) is 15.4. The molecule has 3 atom stereocenters. The number of amides is 4. The van der Waals surface area contributed by atoms with E-state index in [0.717, 1.165) is 19.6 Å². The van der Waals surface area contributed by atoms with E-state index in [9.17, 15) is 14.4 Å². The average Bonchev–Trinajstić information content (AvgIpc) is 2.60. The number of nitrogens with one attached hydrogen (secondary N) is 2. The van der Waals surface area contributed by atoms with Gasteiger partial charge in [-0.05, 0) is 39.0 Å². The number of carbonyl (C=O) groups excluding carboxylic acids is 3. The quantitative estimate of drug-likeness (QED) is 0.727. The topological polar surface area (TPSA) is 81.8 Å². The standard InChI is InChI=1S/C17H30N4O3/c1-11-6-12(2)8-20(7-11)9-13(3)18-14(22)10-21-16(24)19-15(23)17(21,4)5/h11-13H,6-10H2,1-5H3,(H,18,22)(H,19,23,24). The predicted octanol–water partition coefficient (Wildman–Crippen LogP) is 0.799. The Morgan fingerprint density at radius 2 is 1.88 bits per heavy atom. The number of urea groups is 1. The summed E-state index contributed by atoms with van der Waals surface area (Å²) in [6.45, 7) is 12.6. The molecule has 7 heteroatoms. The molecule has 0 spiro atoms. The van der Waals surface area contributed by atoms with Crippen LogP contribution < -0.4 is 10.6 Å². The Hall–Kier alpha value is -1.63. The molecule has 0 aromatic rings. The lowest BCUT2D eigenvalue weighted by molar-refractivity contribution is -0.127. The summed E-state index contributed by atoms with van der Waals surface area (Å²) >= 11 is 0. The molecule has 2 N–H and O–H groups in total. The largest absolute Gasteiger partial charge is 0.351 e. The summed E-state index contributed by atoms with van der Waals surface area (Å²) in [5.74, 6) is 0.747. The van der Waals surface area contributed by atoms with Crippen LogP contribution in [0.25, 0.3) is 0 Å². The molecule has 0 aromatic heterocycles. The number of rotatable bonds is 5. The summed E-state index contributed by atoms with van der Waals surface area (Å²) in [5, 5.41) is 5.19. The average molecular weight is 338 g/mol. The lowest BCUT2D eigenvalue weighted by atomic mass is 9.92. The Labute approximate surface area is 144 Å². The van der Waals surface area contributed by atoms with E-state index in [-0.39, 0.29) is 24.4 Å². The van der Waals surface area contributed by atoms with Crippen LogP contribution in [0.3, 0.4) is 0 Å². The minimum absolute atomic E-state index is 0.000483. The van der Waals surface area contributed by atoms with Gasteiger partial charge in [0.2, 0.25) is 5.91 Å². The van der Waals surface area contributed by atoms with Gasteiger partial charge in [-0.25, -0.2) is 4.79 Å². The number of nitrogens with zero attached hydrogens (tertiary/aromatic N) is 2. The van der Waals surface area contributed by atoms with Crippen LogP contribution in [0.1, 0.15) is 41.0 Å². The Kier molecular flexibility index (Phi) is 5.52. The van der Waals surface area contributed by atoms with Crippen molar-refractivity contribution in [2.24, 2.45) is 11.8 Å². The van der Waals surface area contributed by atoms with Crippen LogP contribution in [-0.4, -0.2) is 65.4 Å². The van der Waals surface area contributed by atoms with E-state index in [1.807, 2.05) is 6.92 Å². The smallest absolute Gasteiger partial charge is 0.325 e. The van der Waals surface area contributed by atoms with Gasteiger partial charge in [-0.3, -0.25) is 14.9 Å². The molecule has 2 rings (SSSR count). The fraction of sp³-hybridized carbons (Fsp3) is 0.824. The van der Waals surface area contributed by atoms with Crippen molar-refractivity contribution in [3.63, 3.8) is 0 Å². The van der Waals surface area contributed by atoms with Crippen molar-refractivity contribution in [1.82, 2.24) is 20.4 Å². The molecule has 0 aromatic carbocycles. The lowest BCUT2D eigenvalue weighted by Gasteiger charge is -2.36. The van der Waals surface area contributed by atoms with Crippen LogP contribution >= 0.6 is 0 Å². The molecule has 2 aliphatic rings. The number of imide groups is 1. The molecule has 136 valence electrons. The highest BCUT2D eigenvalue weighted by Crippen LogP contribution is 2.21.